The van der Waals surface area contributed by atoms with Gasteiger partial charge < -0.3 is 4.74 Å². The molecule has 0 aliphatic carbocycles. The van der Waals surface area contributed by atoms with Crippen molar-refractivity contribution in [2.45, 2.75) is 50.0 Å². The van der Waals surface area contributed by atoms with Crippen molar-refractivity contribution in [3.05, 3.63) is 12.2 Å². The molecule has 0 aromatic rings. The Labute approximate surface area is 96.5 Å². The molecule has 1 aliphatic rings. The van der Waals surface area contributed by atoms with Crippen molar-refractivity contribution in [3.8, 4) is 0 Å². The maximum atomic E-state index is 10.7. The van der Waals surface area contributed by atoms with Crippen LogP contribution in [0.2, 0.25) is 0 Å². The van der Waals surface area contributed by atoms with Gasteiger partial charge in [0.05, 0.1) is 6.61 Å². The number of hydrogen-bond acceptors (Lipinski definition) is 3. The molecule has 0 spiro atoms. The van der Waals surface area contributed by atoms with Crippen molar-refractivity contribution in [3.63, 3.8) is 0 Å². The molecule has 1 rings (SSSR count). The van der Waals surface area contributed by atoms with E-state index in [1.165, 1.54) is 25.3 Å². The Morgan fingerprint density at radius 3 is 2.73 bits per heavy atom. The van der Waals surface area contributed by atoms with Gasteiger partial charge in [-0.2, -0.15) is 0 Å². The molecule has 15 heavy (non-hydrogen) atoms. The second-order valence-electron chi connectivity index (χ2n) is 4.53. The van der Waals surface area contributed by atoms with Crippen molar-refractivity contribution < 1.29 is 9.53 Å². The molecule has 0 aromatic carbocycles. The average molecular weight is 228 g/mol. The van der Waals surface area contributed by atoms with Gasteiger partial charge in [0.25, 0.3) is 0 Å². The van der Waals surface area contributed by atoms with Crippen LogP contribution in [0.3, 0.4) is 0 Å². The number of ether oxygens (including phenoxy) is 1. The summed E-state index contributed by atoms with van der Waals surface area (Å²) < 4.78 is 5.25. The molecule has 3 heteroatoms. The third kappa shape index (κ3) is 3.90. The second kappa shape index (κ2) is 5.06. The standard InChI is InChI=1S/C12H20O2S/c1-9(2)11-5-6-12(4,15-11)7-8-14-10(3)13/h11H,1,5-8H2,2-4H3. The predicted octanol–water partition coefficient (Wildman–Crippen LogP) is 3.17. The van der Waals surface area contributed by atoms with Crippen LogP contribution in [-0.2, 0) is 9.53 Å². The summed E-state index contributed by atoms with van der Waals surface area (Å²) in [6.45, 7) is 10.4. The normalized spacial score (nSPS) is 30.2. The van der Waals surface area contributed by atoms with E-state index in [4.69, 9.17) is 4.74 Å². The predicted molar refractivity (Wildman–Crippen MR) is 65.1 cm³/mol. The molecular weight excluding hydrogens is 208 g/mol. The smallest absolute Gasteiger partial charge is 0.302 e. The van der Waals surface area contributed by atoms with Gasteiger partial charge in [-0.15, -0.1) is 11.8 Å². The summed E-state index contributed by atoms with van der Waals surface area (Å²) in [5.74, 6) is -0.182. The highest BCUT2D eigenvalue weighted by molar-refractivity contribution is 8.01. The number of hydrogen-bond donors (Lipinski definition) is 0. The quantitative estimate of drug-likeness (QED) is 0.546. The summed E-state index contributed by atoms with van der Waals surface area (Å²) in [6, 6.07) is 0. The van der Waals surface area contributed by atoms with Crippen LogP contribution in [0.25, 0.3) is 0 Å². The van der Waals surface area contributed by atoms with Gasteiger partial charge in [0.2, 0.25) is 0 Å². The van der Waals surface area contributed by atoms with Gasteiger partial charge >= 0.3 is 5.97 Å². The number of esters is 1. The maximum absolute atomic E-state index is 10.7. The topological polar surface area (TPSA) is 26.3 Å². The molecule has 1 saturated heterocycles. The zero-order valence-electron chi connectivity index (χ0n) is 9.84. The first-order valence-corrected chi connectivity index (χ1v) is 6.27. The Hall–Kier alpha value is -0.440. The zero-order chi connectivity index (χ0) is 11.5. The summed E-state index contributed by atoms with van der Waals surface area (Å²) in [7, 11) is 0. The van der Waals surface area contributed by atoms with E-state index in [9.17, 15) is 4.79 Å². The first kappa shape index (κ1) is 12.6. The first-order chi connectivity index (χ1) is 6.93. The van der Waals surface area contributed by atoms with Gasteiger partial charge in [0.15, 0.2) is 0 Å². The monoisotopic (exact) mass is 228 g/mol. The van der Waals surface area contributed by atoms with Crippen LogP contribution in [0.1, 0.15) is 40.0 Å². The van der Waals surface area contributed by atoms with E-state index in [0.717, 1.165) is 6.42 Å². The first-order valence-electron chi connectivity index (χ1n) is 5.39. The third-order valence-electron chi connectivity index (χ3n) is 2.85. The Kier molecular flexibility index (Phi) is 4.26. The van der Waals surface area contributed by atoms with Gasteiger partial charge in [-0.3, -0.25) is 4.79 Å². The highest BCUT2D eigenvalue weighted by Gasteiger charge is 2.35. The summed E-state index contributed by atoms with van der Waals surface area (Å²) in [4.78, 5) is 10.7. The van der Waals surface area contributed by atoms with E-state index in [2.05, 4.69) is 20.4 Å². The molecule has 2 atom stereocenters. The van der Waals surface area contributed by atoms with Crippen molar-refractivity contribution in [2.24, 2.45) is 0 Å². The van der Waals surface area contributed by atoms with E-state index in [1.807, 2.05) is 11.8 Å². The van der Waals surface area contributed by atoms with Crippen LogP contribution in [0.15, 0.2) is 12.2 Å². The van der Waals surface area contributed by atoms with E-state index >= 15 is 0 Å². The SMILES string of the molecule is C=C(C)C1CCC(C)(CCOC(C)=O)S1. The van der Waals surface area contributed by atoms with Crippen LogP contribution >= 0.6 is 11.8 Å². The van der Waals surface area contributed by atoms with E-state index in [-0.39, 0.29) is 10.7 Å². The van der Waals surface area contributed by atoms with Crippen molar-refractivity contribution >= 4 is 17.7 Å². The Balaban J connectivity index is 2.35. The maximum Gasteiger partial charge on any atom is 0.302 e. The molecule has 0 aromatic heterocycles. The van der Waals surface area contributed by atoms with Gasteiger partial charge in [-0.05, 0) is 26.2 Å². The lowest BCUT2D eigenvalue weighted by molar-refractivity contribution is -0.141. The lowest BCUT2D eigenvalue weighted by Gasteiger charge is -2.23. The molecule has 0 radical (unpaired) electrons. The summed E-state index contributed by atoms with van der Waals surface area (Å²) in [5.41, 5.74) is 1.26. The van der Waals surface area contributed by atoms with Crippen LogP contribution in [0, 0.1) is 0 Å². The number of carbonyl (C=O) groups is 1. The molecule has 0 bridgehead atoms. The van der Waals surface area contributed by atoms with Crippen LogP contribution in [0.4, 0.5) is 0 Å². The highest BCUT2D eigenvalue weighted by atomic mass is 32.2. The summed E-state index contributed by atoms with van der Waals surface area (Å²) in [5, 5.41) is 0.590. The molecule has 1 heterocycles. The number of rotatable bonds is 4. The molecule has 1 aliphatic heterocycles. The largest absolute Gasteiger partial charge is 0.466 e. The average Bonchev–Trinajstić information content (AvgIpc) is 2.47. The molecule has 86 valence electrons. The minimum Gasteiger partial charge on any atom is -0.466 e. The van der Waals surface area contributed by atoms with E-state index in [1.54, 1.807) is 0 Å². The molecule has 0 amide bonds. The van der Waals surface area contributed by atoms with Crippen molar-refractivity contribution in [2.75, 3.05) is 6.61 Å². The van der Waals surface area contributed by atoms with Crippen LogP contribution in [-0.4, -0.2) is 22.6 Å². The fraction of sp³-hybridized carbons (Fsp3) is 0.750. The van der Waals surface area contributed by atoms with Crippen LogP contribution in [0.5, 0.6) is 0 Å². The molecule has 2 nitrogen and oxygen atoms in total. The molecule has 0 saturated carbocycles. The fourth-order valence-electron chi connectivity index (χ4n) is 1.84. The molecule has 1 fully saturated rings. The second-order valence-corrected chi connectivity index (χ2v) is 6.32. The number of carbonyl (C=O) groups excluding carboxylic acids is 1. The lowest BCUT2D eigenvalue weighted by Crippen LogP contribution is -2.19. The molecule has 2 unspecified atom stereocenters. The highest BCUT2D eigenvalue weighted by Crippen LogP contribution is 2.47. The van der Waals surface area contributed by atoms with Gasteiger partial charge in [0.1, 0.15) is 0 Å². The van der Waals surface area contributed by atoms with E-state index in [0.29, 0.717) is 11.9 Å². The minimum atomic E-state index is -0.182. The van der Waals surface area contributed by atoms with Crippen molar-refractivity contribution in [1.82, 2.24) is 0 Å². The van der Waals surface area contributed by atoms with E-state index < -0.39 is 0 Å². The van der Waals surface area contributed by atoms with Gasteiger partial charge in [-0.25, -0.2) is 0 Å². The summed E-state index contributed by atoms with van der Waals surface area (Å²) in [6.07, 6.45) is 3.34. The summed E-state index contributed by atoms with van der Waals surface area (Å²) >= 11 is 1.98. The number of thioether (sulfide) groups is 1. The Morgan fingerprint density at radius 2 is 2.27 bits per heavy atom. The van der Waals surface area contributed by atoms with Crippen molar-refractivity contribution in [1.29, 1.82) is 0 Å². The Morgan fingerprint density at radius 1 is 1.60 bits per heavy atom. The molecule has 0 N–H and O–H groups in total. The zero-order valence-corrected chi connectivity index (χ0v) is 10.7. The fourth-order valence-corrected chi connectivity index (χ4v) is 3.40. The van der Waals surface area contributed by atoms with Gasteiger partial charge in [-0.1, -0.05) is 19.1 Å². The third-order valence-corrected chi connectivity index (χ3v) is 4.75. The molecular formula is C12H20O2S. The minimum absolute atomic E-state index is 0.182. The van der Waals surface area contributed by atoms with Gasteiger partial charge in [0, 0.05) is 16.9 Å². The van der Waals surface area contributed by atoms with Crippen LogP contribution < -0.4 is 0 Å². The Bertz CT molecular complexity index is 262. The lowest BCUT2D eigenvalue weighted by atomic mass is 9.99.